The topological polar surface area (TPSA) is 61.8 Å². The van der Waals surface area contributed by atoms with Crippen LogP contribution in [0.4, 0.5) is 0 Å². The lowest BCUT2D eigenvalue weighted by Crippen LogP contribution is -2.45. The first kappa shape index (κ1) is 17.4. The van der Waals surface area contributed by atoms with Crippen molar-refractivity contribution in [3.05, 3.63) is 0 Å². The molecule has 1 fully saturated rings. The molecule has 0 heterocycles. The monoisotopic (exact) mass is 286 g/mol. The molecule has 20 heavy (non-hydrogen) atoms. The van der Waals surface area contributed by atoms with Crippen LogP contribution in [-0.4, -0.2) is 61.9 Å². The van der Waals surface area contributed by atoms with E-state index < -0.39 is 5.60 Å². The average Bonchev–Trinajstić information content (AvgIpc) is 2.39. The predicted molar refractivity (Wildman–Crippen MR) is 79.6 cm³/mol. The van der Waals surface area contributed by atoms with Crippen LogP contribution in [0.25, 0.3) is 0 Å². The molecule has 2 N–H and O–H groups in total. The van der Waals surface area contributed by atoms with Crippen LogP contribution in [0.5, 0.6) is 0 Å². The van der Waals surface area contributed by atoms with E-state index in [2.05, 4.69) is 10.2 Å². The quantitative estimate of drug-likeness (QED) is 0.515. The third kappa shape index (κ3) is 5.77. The summed E-state index contributed by atoms with van der Waals surface area (Å²) in [4.78, 5) is 13.9. The number of rotatable bonds is 8. The zero-order valence-corrected chi connectivity index (χ0v) is 13.2. The summed E-state index contributed by atoms with van der Waals surface area (Å²) in [6.07, 6.45) is 3.92. The smallest absolute Gasteiger partial charge is 0.308 e. The number of nitrogens with zero attached hydrogens (tertiary/aromatic N) is 1. The van der Waals surface area contributed by atoms with Crippen molar-refractivity contribution in [2.45, 2.75) is 44.6 Å². The van der Waals surface area contributed by atoms with Crippen molar-refractivity contribution >= 4 is 5.97 Å². The number of hydrogen-bond acceptors (Lipinski definition) is 5. The van der Waals surface area contributed by atoms with Crippen LogP contribution in [0, 0.1) is 5.92 Å². The molecule has 0 amide bonds. The molecule has 5 heteroatoms. The molecule has 0 spiro atoms. The number of aliphatic hydroxyl groups is 1. The summed E-state index contributed by atoms with van der Waals surface area (Å²) < 4.78 is 5.06. The van der Waals surface area contributed by atoms with Crippen LogP contribution < -0.4 is 5.32 Å². The summed E-state index contributed by atoms with van der Waals surface area (Å²) in [6.45, 7) is 4.93. The molecule has 1 aliphatic rings. The van der Waals surface area contributed by atoms with Gasteiger partial charge in [0.05, 0.1) is 18.1 Å². The Kier molecular flexibility index (Phi) is 7.48. The molecule has 5 nitrogen and oxygen atoms in total. The van der Waals surface area contributed by atoms with Crippen LogP contribution in [0.15, 0.2) is 0 Å². The third-order valence-electron chi connectivity index (χ3n) is 4.07. The van der Waals surface area contributed by atoms with Gasteiger partial charge in [0.15, 0.2) is 0 Å². The van der Waals surface area contributed by atoms with Gasteiger partial charge in [-0.1, -0.05) is 0 Å². The van der Waals surface area contributed by atoms with E-state index in [4.69, 9.17) is 4.74 Å². The number of ether oxygens (including phenoxy) is 1. The largest absolute Gasteiger partial charge is 0.466 e. The number of carbonyl (C=O) groups is 1. The second kappa shape index (κ2) is 8.60. The molecule has 1 aliphatic carbocycles. The third-order valence-corrected chi connectivity index (χ3v) is 4.07. The molecule has 0 saturated heterocycles. The Labute approximate surface area is 122 Å². The normalized spacial score (nSPS) is 26.8. The van der Waals surface area contributed by atoms with Gasteiger partial charge in [-0.05, 0) is 66.2 Å². The Balaban J connectivity index is 2.32. The fourth-order valence-electron chi connectivity index (χ4n) is 2.92. The minimum Gasteiger partial charge on any atom is -0.466 e. The second-order valence-electron chi connectivity index (χ2n) is 5.95. The summed E-state index contributed by atoms with van der Waals surface area (Å²) in [5.41, 5.74) is -0.641. The summed E-state index contributed by atoms with van der Waals surface area (Å²) in [7, 11) is 4.00. The highest BCUT2D eigenvalue weighted by Crippen LogP contribution is 2.33. The zero-order valence-electron chi connectivity index (χ0n) is 13.2. The minimum atomic E-state index is -0.641. The van der Waals surface area contributed by atoms with Gasteiger partial charge in [0.2, 0.25) is 0 Å². The fourth-order valence-corrected chi connectivity index (χ4v) is 2.92. The van der Waals surface area contributed by atoms with Crippen molar-refractivity contribution in [1.29, 1.82) is 0 Å². The Hall–Kier alpha value is -0.650. The lowest BCUT2D eigenvalue weighted by Gasteiger charge is -2.37. The number of nitrogens with one attached hydrogen (secondary N) is 1. The number of carbonyl (C=O) groups excluding carboxylic acids is 1. The van der Waals surface area contributed by atoms with Crippen molar-refractivity contribution in [3.8, 4) is 0 Å². The Bertz CT molecular complexity index is 289. The zero-order chi connectivity index (χ0) is 15.0. The first-order valence-electron chi connectivity index (χ1n) is 7.73. The van der Waals surface area contributed by atoms with Gasteiger partial charge in [-0.3, -0.25) is 4.79 Å². The van der Waals surface area contributed by atoms with Gasteiger partial charge in [-0.25, -0.2) is 0 Å². The van der Waals surface area contributed by atoms with Crippen molar-refractivity contribution < 1.29 is 14.6 Å². The second-order valence-corrected chi connectivity index (χ2v) is 5.95. The van der Waals surface area contributed by atoms with Crippen molar-refractivity contribution in [2.75, 3.05) is 40.3 Å². The fraction of sp³-hybridized carbons (Fsp3) is 0.933. The SMILES string of the molecule is CCOC(=O)C1CCC(O)(CN(C)CCCNC)CC1. The molecule has 1 saturated carbocycles. The van der Waals surface area contributed by atoms with Crippen molar-refractivity contribution in [1.82, 2.24) is 10.2 Å². The van der Waals surface area contributed by atoms with Gasteiger partial charge in [-0.15, -0.1) is 0 Å². The Morgan fingerprint density at radius 1 is 1.45 bits per heavy atom. The van der Waals surface area contributed by atoms with Crippen molar-refractivity contribution in [3.63, 3.8) is 0 Å². The highest BCUT2D eigenvalue weighted by Gasteiger charge is 2.36. The first-order valence-corrected chi connectivity index (χ1v) is 7.73. The van der Waals surface area contributed by atoms with Crippen LogP contribution in [0.2, 0.25) is 0 Å². The predicted octanol–water partition coefficient (Wildman–Crippen LogP) is 1.01. The molecule has 0 aromatic carbocycles. The van der Waals surface area contributed by atoms with E-state index in [0.29, 0.717) is 26.0 Å². The van der Waals surface area contributed by atoms with Crippen LogP contribution in [-0.2, 0) is 9.53 Å². The van der Waals surface area contributed by atoms with Gasteiger partial charge < -0.3 is 20.1 Å². The maximum Gasteiger partial charge on any atom is 0.308 e. The molecule has 0 aliphatic heterocycles. The molecule has 0 unspecified atom stereocenters. The number of likely N-dealkylation sites (N-methyl/N-ethyl adjacent to an activating group) is 1. The van der Waals surface area contributed by atoms with E-state index in [-0.39, 0.29) is 11.9 Å². The summed E-state index contributed by atoms with van der Waals surface area (Å²) in [5, 5.41) is 13.7. The number of esters is 1. The van der Waals surface area contributed by atoms with Gasteiger partial charge in [0.1, 0.15) is 0 Å². The lowest BCUT2D eigenvalue weighted by molar-refractivity contribution is -0.151. The molecule has 0 atom stereocenters. The van der Waals surface area contributed by atoms with Crippen LogP contribution in [0.1, 0.15) is 39.0 Å². The molecular weight excluding hydrogens is 256 g/mol. The van der Waals surface area contributed by atoms with E-state index in [9.17, 15) is 9.90 Å². The van der Waals surface area contributed by atoms with Crippen LogP contribution in [0.3, 0.4) is 0 Å². The molecule has 0 aromatic rings. The highest BCUT2D eigenvalue weighted by atomic mass is 16.5. The lowest BCUT2D eigenvalue weighted by atomic mass is 9.78. The summed E-state index contributed by atoms with van der Waals surface area (Å²) in [5.74, 6) is -0.123. The molecule has 118 valence electrons. The van der Waals surface area contributed by atoms with Gasteiger partial charge >= 0.3 is 5.97 Å². The summed E-state index contributed by atoms with van der Waals surface area (Å²) >= 11 is 0. The number of hydrogen-bond donors (Lipinski definition) is 2. The van der Waals surface area contributed by atoms with Crippen LogP contribution >= 0.6 is 0 Å². The first-order chi connectivity index (χ1) is 9.50. The maximum atomic E-state index is 11.7. The average molecular weight is 286 g/mol. The Morgan fingerprint density at radius 3 is 2.65 bits per heavy atom. The van der Waals surface area contributed by atoms with Crippen molar-refractivity contribution in [2.24, 2.45) is 5.92 Å². The van der Waals surface area contributed by atoms with E-state index in [0.717, 1.165) is 32.4 Å². The van der Waals surface area contributed by atoms with Gasteiger partial charge in [0, 0.05) is 6.54 Å². The highest BCUT2D eigenvalue weighted by molar-refractivity contribution is 5.72. The molecule has 1 rings (SSSR count). The Morgan fingerprint density at radius 2 is 2.10 bits per heavy atom. The summed E-state index contributed by atoms with van der Waals surface area (Å²) in [6, 6.07) is 0. The standard InChI is InChI=1S/C15H30N2O3/c1-4-20-14(18)13-6-8-15(19,9-7-13)12-17(3)11-5-10-16-2/h13,16,19H,4-12H2,1-3H3. The van der Waals surface area contributed by atoms with E-state index in [1.807, 2.05) is 21.0 Å². The molecule has 0 aromatic heterocycles. The van der Waals surface area contributed by atoms with Gasteiger partial charge in [0.25, 0.3) is 0 Å². The molecule has 0 radical (unpaired) electrons. The van der Waals surface area contributed by atoms with Gasteiger partial charge in [-0.2, -0.15) is 0 Å². The van der Waals surface area contributed by atoms with E-state index >= 15 is 0 Å². The molecule has 0 bridgehead atoms. The maximum absolute atomic E-state index is 11.7. The van der Waals surface area contributed by atoms with E-state index in [1.54, 1.807) is 0 Å². The molecular formula is C15H30N2O3. The minimum absolute atomic E-state index is 0.0233. The van der Waals surface area contributed by atoms with E-state index in [1.165, 1.54) is 0 Å².